The molecule has 0 saturated carbocycles. The quantitative estimate of drug-likeness (QED) is 0.900. The summed E-state index contributed by atoms with van der Waals surface area (Å²) in [5.41, 5.74) is 0. The fourth-order valence-corrected chi connectivity index (χ4v) is 2.94. The second-order valence-corrected chi connectivity index (χ2v) is 6.20. The summed E-state index contributed by atoms with van der Waals surface area (Å²) >= 11 is 0. The molecule has 0 spiro atoms. The minimum absolute atomic E-state index is 0.0512. The number of nitrogens with one attached hydrogen (secondary N) is 1. The summed E-state index contributed by atoms with van der Waals surface area (Å²) in [6.07, 6.45) is 3.62. The van der Waals surface area contributed by atoms with Gasteiger partial charge in [-0.2, -0.15) is 4.98 Å². The lowest BCUT2D eigenvalue weighted by molar-refractivity contribution is -0.129. The van der Waals surface area contributed by atoms with E-state index in [2.05, 4.69) is 34.2 Å². The molecular formula is C15H26N4O2. The Morgan fingerprint density at radius 1 is 1.24 bits per heavy atom. The lowest BCUT2D eigenvalue weighted by atomic mass is 9.98. The number of carbonyl (C=O) groups excluding carboxylic acids is 1. The van der Waals surface area contributed by atoms with E-state index in [1.54, 1.807) is 6.92 Å². The first-order valence-corrected chi connectivity index (χ1v) is 7.83. The predicted octanol–water partition coefficient (Wildman–Crippen LogP) is 2.07. The van der Waals surface area contributed by atoms with Crippen LogP contribution in [-0.2, 0) is 4.79 Å². The fourth-order valence-electron chi connectivity index (χ4n) is 2.94. The van der Waals surface area contributed by atoms with Crippen molar-refractivity contribution in [1.29, 1.82) is 0 Å². The average molecular weight is 294 g/mol. The van der Waals surface area contributed by atoms with E-state index in [9.17, 15) is 4.79 Å². The zero-order valence-electron chi connectivity index (χ0n) is 13.4. The normalized spacial score (nSPS) is 19.5. The molecule has 2 rings (SSSR count). The van der Waals surface area contributed by atoms with Crippen LogP contribution < -0.4 is 5.32 Å². The molecule has 0 bridgehead atoms. The monoisotopic (exact) mass is 294 g/mol. The first-order chi connectivity index (χ1) is 9.99. The number of amides is 1. The molecule has 2 atom stereocenters. The van der Waals surface area contributed by atoms with Crippen molar-refractivity contribution >= 4 is 5.91 Å². The highest BCUT2D eigenvalue weighted by Crippen LogP contribution is 2.19. The van der Waals surface area contributed by atoms with Gasteiger partial charge in [-0.25, -0.2) is 0 Å². The molecule has 0 aromatic carbocycles. The van der Waals surface area contributed by atoms with Crippen molar-refractivity contribution < 1.29 is 9.32 Å². The van der Waals surface area contributed by atoms with E-state index in [0.717, 1.165) is 13.1 Å². The highest BCUT2D eigenvalue weighted by molar-refractivity contribution is 5.82. The van der Waals surface area contributed by atoms with Gasteiger partial charge in [-0.05, 0) is 45.7 Å². The van der Waals surface area contributed by atoms with Gasteiger partial charge in [0.2, 0.25) is 11.8 Å². The largest absolute Gasteiger partial charge is 0.343 e. The number of aromatic nitrogens is 2. The Labute approximate surface area is 126 Å². The summed E-state index contributed by atoms with van der Waals surface area (Å²) in [6, 6.07) is -0.346. The Hall–Kier alpha value is -1.43. The van der Waals surface area contributed by atoms with Crippen LogP contribution in [0.5, 0.6) is 0 Å². The van der Waals surface area contributed by atoms with Crippen molar-refractivity contribution in [2.45, 2.75) is 59.0 Å². The topological polar surface area (TPSA) is 71.3 Å². The third-order valence-corrected chi connectivity index (χ3v) is 3.96. The van der Waals surface area contributed by atoms with E-state index in [1.165, 1.54) is 19.3 Å². The predicted molar refractivity (Wildman–Crippen MR) is 79.6 cm³/mol. The van der Waals surface area contributed by atoms with Gasteiger partial charge >= 0.3 is 0 Å². The Balaban J connectivity index is 2.01. The Morgan fingerprint density at radius 2 is 1.90 bits per heavy atom. The minimum atomic E-state index is -0.259. The van der Waals surface area contributed by atoms with E-state index < -0.39 is 0 Å². The summed E-state index contributed by atoms with van der Waals surface area (Å²) in [5.74, 6) is 1.37. The number of likely N-dealkylation sites (tertiary alicyclic amines) is 1. The number of carbonyl (C=O) groups is 1. The molecule has 0 radical (unpaired) electrons. The van der Waals surface area contributed by atoms with Gasteiger partial charge in [-0.15, -0.1) is 0 Å². The molecule has 6 heteroatoms. The molecule has 2 heterocycles. The van der Waals surface area contributed by atoms with Crippen molar-refractivity contribution in [1.82, 2.24) is 20.4 Å². The molecule has 118 valence electrons. The SMILES string of the molecule is Cc1noc([C@H](C)NC(=O)[C@H](C(C)C)N2CCCCC2)n1. The second kappa shape index (κ2) is 7.02. The van der Waals surface area contributed by atoms with E-state index in [4.69, 9.17) is 4.52 Å². The molecule has 1 fully saturated rings. The van der Waals surface area contributed by atoms with Crippen molar-refractivity contribution in [2.24, 2.45) is 5.92 Å². The lowest BCUT2D eigenvalue weighted by Gasteiger charge is -2.36. The van der Waals surface area contributed by atoms with Gasteiger partial charge in [-0.3, -0.25) is 9.69 Å². The first kappa shape index (κ1) is 15.9. The summed E-state index contributed by atoms with van der Waals surface area (Å²) in [5, 5.41) is 6.78. The van der Waals surface area contributed by atoms with Gasteiger partial charge in [0.15, 0.2) is 5.82 Å². The Kier molecular flexibility index (Phi) is 5.33. The maximum atomic E-state index is 12.6. The Morgan fingerprint density at radius 3 is 2.43 bits per heavy atom. The standard InChI is InChI=1S/C15H26N4O2/c1-10(2)13(19-8-6-5-7-9-19)14(20)16-11(3)15-17-12(4)18-21-15/h10-11,13H,5-9H2,1-4H3,(H,16,20)/t11-,13-/m0/s1. The van der Waals surface area contributed by atoms with Crippen LogP contribution in [0.3, 0.4) is 0 Å². The number of piperidine rings is 1. The van der Waals surface area contributed by atoms with Crippen LogP contribution >= 0.6 is 0 Å². The first-order valence-electron chi connectivity index (χ1n) is 7.83. The molecule has 1 aromatic heterocycles. The number of rotatable bonds is 5. The molecule has 1 amide bonds. The van der Waals surface area contributed by atoms with Crippen molar-refractivity contribution in [2.75, 3.05) is 13.1 Å². The van der Waals surface area contributed by atoms with Crippen molar-refractivity contribution in [3.05, 3.63) is 11.7 Å². The fraction of sp³-hybridized carbons (Fsp3) is 0.800. The highest BCUT2D eigenvalue weighted by Gasteiger charge is 2.31. The van der Waals surface area contributed by atoms with Crippen molar-refractivity contribution in [3.63, 3.8) is 0 Å². The number of hydrogen-bond acceptors (Lipinski definition) is 5. The van der Waals surface area contributed by atoms with Crippen LogP contribution in [0.1, 0.15) is 57.8 Å². The Bertz CT molecular complexity index is 466. The van der Waals surface area contributed by atoms with Crippen molar-refractivity contribution in [3.8, 4) is 0 Å². The van der Waals surface area contributed by atoms with Crippen LogP contribution in [-0.4, -0.2) is 40.1 Å². The van der Waals surface area contributed by atoms with Gasteiger partial charge in [-0.1, -0.05) is 25.4 Å². The molecule has 1 aromatic rings. The summed E-state index contributed by atoms with van der Waals surface area (Å²) in [7, 11) is 0. The van der Waals surface area contributed by atoms with E-state index >= 15 is 0 Å². The highest BCUT2D eigenvalue weighted by atomic mass is 16.5. The molecule has 6 nitrogen and oxygen atoms in total. The maximum Gasteiger partial charge on any atom is 0.248 e. The van der Waals surface area contributed by atoms with Crippen LogP contribution in [0.2, 0.25) is 0 Å². The molecular weight excluding hydrogens is 268 g/mol. The van der Waals surface area contributed by atoms with Gasteiger partial charge < -0.3 is 9.84 Å². The smallest absolute Gasteiger partial charge is 0.248 e. The zero-order chi connectivity index (χ0) is 15.4. The summed E-state index contributed by atoms with van der Waals surface area (Å²) in [6.45, 7) is 9.85. The van der Waals surface area contributed by atoms with Gasteiger partial charge in [0, 0.05) is 0 Å². The number of hydrogen-bond donors (Lipinski definition) is 1. The van der Waals surface area contributed by atoms with Crippen LogP contribution in [0.4, 0.5) is 0 Å². The van der Waals surface area contributed by atoms with E-state index in [1.807, 2.05) is 6.92 Å². The van der Waals surface area contributed by atoms with Gasteiger partial charge in [0.1, 0.15) is 6.04 Å². The summed E-state index contributed by atoms with van der Waals surface area (Å²) < 4.78 is 5.12. The molecule has 1 aliphatic heterocycles. The third-order valence-electron chi connectivity index (χ3n) is 3.96. The maximum absolute atomic E-state index is 12.6. The lowest BCUT2D eigenvalue weighted by Crippen LogP contribution is -2.52. The second-order valence-electron chi connectivity index (χ2n) is 6.20. The van der Waals surface area contributed by atoms with Crippen LogP contribution in [0.25, 0.3) is 0 Å². The summed E-state index contributed by atoms with van der Waals surface area (Å²) in [4.78, 5) is 19.1. The van der Waals surface area contributed by atoms with E-state index in [-0.39, 0.29) is 23.9 Å². The number of nitrogens with zero attached hydrogens (tertiary/aromatic N) is 3. The average Bonchev–Trinajstić information content (AvgIpc) is 2.86. The van der Waals surface area contributed by atoms with Crippen LogP contribution in [0, 0.1) is 12.8 Å². The van der Waals surface area contributed by atoms with Gasteiger partial charge in [0.25, 0.3) is 0 Å². The molecule has 0 unspecified atom stereocenters. The molecule has 1 N–H and O–H groups in total. The molecule has 0 aliphatic carbocycles. The van der Waals surface area contributed by atoms with E-state index in [0.29, 0.717) is 11.7 Å². The minimum Gasteiger partial charge on any atom is -0.343 e. The molecule has 1 aliphatic rings. The molecule has 21 heavy (non-hydrogen) atoms. The van der Waals surface area contributed by atoms with Crippen LogP contribution in [0.15, 0.2) is 4.52 Å². The zero-order valence-corrected chi connectivity index (χ0v) is 13.4. The third kappa shape index (κ3) is 4.03. The number of aryl methyl sites for hydroxylation is 1. The van der Waals surface area contributed by atoms with Gasteiger partial charge in [0.05, 0.1) is 6.04 Å². The molecule has 1 saturated heterocycles.